The molecule has 2 atom stereocenters. The van der Waals surface area contributed by atoms with Crippen LogP contribution in [0.5, 0.6) is 5.75 Å². The van der Waals surface area contributed by atoms with Crippen molar-refractivity contribution >= 4 is 23.4 Å². The summed E-state index contributed by atoms with van der Waals surface area (Å²) in [4.78, 5) is 47.7. The Morgan fingerprint density at radius 1 is 0.848 bits per heavy atom. The predicted octanol–water partition coefficient (Wildman–Crippen LogP) is 3.61. The van der Waals surface area contributed by atoms with Crippen molar-refractivity contribution in [3.05, 3.63) is 107 Å². The van der Waals surface area contributed by atoms with Crippen LogP contribution in [0.4, 0.5) is 5.69 Å². The van der Waals surface area contributed by atoms with Crippen LogP contribution in [0, 0.1) is 0 Å². The Morgan fingerprint density at radius 3 is 2.46 bits per heavy atom. The molecule has 2 saturated heterocycles. The standard InChI is InChI=1S/C35H34N6O5/c42-32(38-16-19-45-20-17-38)24-9-11-25(12-10-24)33(43)40-15-13-35-29-7-1-2-8-30(29)41(34(35)44)23-27-22-39(37-36-27)14-4-18-46-28-6-3-5-26(21-28)31(35)40/h1-3,5-12,21-22,31H,4,13-20,23H2/t31-,35+/m0/s1. The number of aromatic nitrogens is 3. The number of anilines is 1. The molecule has 3 amide bonds. The summed E-state index contributed by atoms with van der Waals surface area (Å²) in [6.07, 6.45) is 3.08. The van der Waals surface area contributed by atoms with Gasteiger partial charge < -0.3 is 24.2 Å². The molecule has 1 spiro atoms. The molecule has 4 aromatic rings. The lowest BCUT2D eigenvalue weighted by molar-refractivity contribution is -0.124. The zero-order chi connectivity index (χ0) is 31.3. The molecule has 5 heterocycles. The highest BCUT2D eigenvalue weighted by atomic mass is 16.5. The summed E-state index contributed by atoms with van der Waals surface area (Å²) in [5, 5.41) is 8.65. The van der Waals surface area contributed by atoms with Crippen molar-refractivity contribution in [2.75, 3.05) is 44.4 Å². The van der Waals surface area contributed by atoms with Crippen molar-refractivity contribution < 1.29 is 23.9 Å². The Balaban J connectivity index is 1.20. The van der Waals surface area contributed by atoms with Gasteiger partial charge in [-0.1, -0.05) is 35.5 Å². The van der Waals surface area contributed by atoms with Crippen LogP contribution in [0.1, 0.15) is 56.4 Å². The Bertz CT molecular complexity index is 1820. The number of likely N-dealkylation sites (tertiary alicyclic amines) is 1. The minimum Gasteiger partial charge on any atom is -0.494 e. The van der Waals surface area contributed by atoms with Crippen molar-refractivity contribution in [3.63, 3.8) is 0 Å². The fraction of sp³-hybridized carbons (Fsp3) is 0.343. The SMILES string of the molecule is O=C(c1ccc(C(=O)N2CC[C@]34C(=O)N(Cc5cn(nn5)CCCOc5cccc(c5)[C@H]23)c2ccccc24)cc1)N1CCOCC1. The molecule has 0 aliphatic carbocycles. The van der Waals surface area contributed by atoms with Crippen LogP contribution in [0.15, 0.2) is 79.0 Å². The number of nitrogens with zero attached hydrogens (tertiary/aromatic N) is 6. The second kappa shape index (κ2) is 11.4. The summed E-state index contributed by atoms with van der Waals surface area (Å²) in [7, 11) is 0. The number of carbonyl (C=O) groups is 3. The van der Waals surface area contributed by atoms with Gasteiger partial charge in [0.15, 0.2) is 0 Å². The molecule has 2 fully saturated rings. The summed E-state index contributed by atoms with van der Waals surface area (Å²) in [5.41, 5.74) is 3.25. The van der Waals surface area contributed by atoms with Gasteiger partial charge in [0.05, 0.1) is 38.6 Å². The zero-order valence-corrected chi connectivity index (χ0v) is 25.4. The van der Waals surface area contributed by atoms with Crippen molar-refractivity contribution in [2.24, 2.45) is 0 Å². The van der Waals surface area contributed by atoms with Gasteiger partial charge >= 0.3 is 0 Å². The van der Waals surface area contributed by atoms with Gasteiger partial charge in [0.25, 0.3) is 11.8 Å². The number of hydrogen-bond acceptors (Lipinski definition) is 7. The molecule has 4 aliphatic heterocycles. The normalized spacial score (nSPS) is 22.4. The smallest absolute Gasteiger partial charge is 0.254 e. The second-order valence-electron chi connectivity index (χ2n) is 12.3. The Kier molecular flexibility index (Phi) is 7.05. The lowest BCUT2D eigenvalue weighted by atomic mass is 9.72. The number of morpholine rings is 1. The van der Waals surface area contributed by atoms with E-state index in [1.807, 2.05) is 59.6 Å². The number of para-hydroxylation sites is 1. The van der Waals surface area contributed by atoms with Crippen LogP contribution in [0.25, 0.3) is 0 Å². The first kappa shape index (κ1) is 28.4. The van der Waals surface area contributed by atoms with Gasteiger partial charge in [-0.2, -0.15) is 0 Å². The van der Waals surface area contributed by atoms with E-state index in [0.29, 0.717) is 75.0 Å². The topological polar surface area (TPSA) is 110 Å². The van der Waals surface area contributed by atoms with Crippen molar-refractivity contribution in [3.8, 4) is 5.75 Å². The van der Waals surface area contributed by atoms with Gasteiger partial charge in [-0.3, -0.25) is 19.1 Å². The average Bonchev–Trinajstić information content (AvgIpc) is 3.79. The van der Waals surface area contributed by atoms with E-state index in [2.05, 4.69) is 10.3 Å². The van der Waals surface area contributed by atoms with Crippen LogP contribution in [0.3, 0.4) is 0 Å². The third-order valence-electron chi connectivity index (χ3n) is 9.65. The molecule has 11 heteroatoms. The fourth-order valence-electron chi connectivity index (χ4n) is 7.47. The number of carbonyl (C=O) groups excluding carboxylic acids is 3. The van der Waals surface area contributed by atoms with Gasteiger partial charge in [0.2, 0.25) is 5.91 Å². The number of aryl methyl sites for hydroxylation is 1. The van der Waals surface area contributed by atoms with Crippen molar-refractivity contribution in [1.29, 1.82) is 0 Å². The van der Waals surface area contributed by atoms with E-state index in [0.717, 1.165) is 23.2 Å². The number of benzene rings is 3. The second-order valence-corrected chi connectivity index (χ2v) is 12.3. The van der Waals surface area contributed by atoms with Crippen LogP contribution in [-0.2, 0) is 28.0 Å². The number of hydrogen-bond donors (Lipinski definition) is 0. The molecule has 0 unspecified atom stereocenters. The molecule has 1 aromatic heterocycles. The summed E-state index contributed by atoms with van der Waals surface area (Å²) >= 11 is 0. The Hall–Kier alpha value is -5.03. The summed E-state index contributed by atoms with van der Waals surface area (Å²) in [6, 6.07) is 21.9. The van der Waals surface area contributed by atoms with Gasteiger partial charge in [-0.25, -0.2) is 0 Å². The first-order valence-electron chi connectivity index (χ1n) is 15.8. The molecule has 0 N–H and O–H groups in total. The maximum absolute atomic E-state index is 14.8. The molecule has 6 bridgehead atoms. The molecule has 234 valence electrons. The van der Waals surface area contributed by atoms with Gasteiger partial charge in [-0.05, 0) is 60.0 Å². The lowest BCUT2D eigenvalue weighted by Crippen LogP contribution is -2.45. The highest BCUT2D eigenvalue weighted by Gasteiger charge is 2.61. The van der Waals surface area contributed by atoms with Crippen molar-refractivity contribution in [1.82, 2.24) is 24.8 Å². The predicted molar refractivity (Wildman–Crippen MR) is 167 cm³/mol. The van der Waals surface area contributed by atoms with E-state index < -0.39 is 11.5 Å². The average molecular weight is 619 g/mol. The van der Waals surface area contributed by atoms with Gasteiger partial charge in [-0.15, -0.1) is 5.10 Å². The number of ether oxygens (including phenoxy) is 2. The first-order valence-corrected chi connectivity index (χ1v) is 15.8. The monoisotopic (exact) mass is 618 g/mol. The maximum Gasteiger partial charge on any atom is 0.254 e. The highest BCUT2D eigenvalue weighted by Crippen LogP contribution is 2.57. The molecule has 3 aromatic carbocycles. The van der Waals surface area contributed by atoms with Crippen molar-refractivity contribution in [2.45, 2.75) is 37.4 Å². The molecule has 11 nitrogen and oxygen atoms in total. The third kappa shape index (κ3) is 4.65. The largest absolute Gasteiger partial charge is 0.494 e. The minimum atomic E-state index is -1.01. The molecular formula is C35H34N6O5. The van der Waals surface area contributed by atoms with E-state index >= 15 is 0 Å². The summed E-state index contributed by atoms with van der Waals surface area (Å²) < 4.78 is 13.3. The highest BCUT2D eigenvalue weighted by molar-refractivity contribution is 6.10. The maximum atomic E-state index is 14.8. The van der Waals surface area contributed by atoms with Crippen LogP contribution < -0.4 is 9.64 Å². The van der Waals surface area contributed by atoms with Crippen LogP contribution in [0.2, 0.25) is 0 Å². The molecule has 0 saturated carbocycles. The van der Waals surface area contributed by atoms with E-state index in [9.17, 15) is 14.4 Å². The zero-order valence-electron chi connectivity index (χ0n) is 25.4. The fourth-order valence-corrected chi connectivity index (χ4v) is 7.47. The van der Waals surface area contributed by atoms with Gasteiger partial charge in [0.1, 0.15) is 16.9 Å². The van der Waals surface area contributed by atoms with Gasteiger partial charge in [0, 0.05) is 49.4 Å². The van der Waals surface area contributed by atoms with Crippen LogP contribution in [-0.4, -0.2) is 82.0 Å². The molecule has 8 rings (SSSR count). The molecular weight excluding hydrogens is 584 g/mol. The Morgan fingerprint density at radius 2 is 1.63 bits per heavy atom. The molecule has 0 radical (unpaired) electrons. The third-order valence-corrected chi connectivity index (χ3v) is 9.65. The lowest BCUT2D eigenvalue weighted by Gasteiger charge is -2.35. The molecule has 4 aliphatic rings. The minimum absolute atomic E-state index is 0.0591. The van der Waals surface area contributed by atoms with E-state index in [1.165, 1.54) is 0 Å². The number of amides is 3. The van der Waals surface area contributed by atoms with E-state index in [-0.39, 0.29) is 24.3 Å². The Labute approximate surface area is 266 Å². The molecule has 46 heavy (non-hydrogen) atoms. The number of rotatable bonds is 2. The van der Waals surface area contributed by atoms with Crippen LogP contribution >= 0.6 is 0 Å². The summed E-state index contributed by atoms with van der Waals surface area (Å²) in [5.74, 6) is 0.358. The number of fused-ring (bicyclic) bond motifs is 8. The summed E-state index contributed by atoms with van der Waals surface area (Å²) in [6.45, 7) is 3.93. The first-order chi connectivity index (χ1) is 22.5. The van der Waals surface area contributed by atoms with E-state index in [4.69, 9.17) is 9.47 Å². The quantitative estimate of drug-likeness (QED) is 0.338. The van der Waals surface area contributed by atoms with E-state index in [1.54, 1.807) is 38.7 Å².